The molecule has 1 aromatic carbocycles. The minimum Gasteiger partial charge on any atom is -0.278 e. The molecule has 0 amide bonds. The molecule has 2 rings (SSSR count). The van der Waals surface area contributed by atoms with Crippen molar-refractivity contribution in [3.8, 4) is 11.3 Å². The molecule has 3 radical (unpaired) electrons. The first-order valence-corrected chi connectivity index (χ1v) is 4.49. The molecule has 1 N–H and O–H groups in total. The van der Waals surface area contributed by atoms with Crippen molar-refractivity contribution in [2.75, 3.05) is 0 Å². The Kier molecular flexibility index (Phi) is 3.51. The predicted molar refractivity (Wildman–Crippen MR) is 59.2 cm³/mol. The molecule has 69 valence electrons. The van der Waals surface area contributed by atoms with Crippen molar-refractivity contribution in [2.24, 2.45) is 0 Å². The quantitative estimate of drug-likeness (QED) is 0.710. The molecule has 0 spiro atoms. The van der Waals surface area contributed by atoms with Crippen molar-refractivity contribution in [1.29, 1.82) is 0 Å². The highest BCUT2D eigenvalue weighted by atomic mass is 15.1. The van der Waals surface area contributed by atoms with Crippen LogP contribution in [-0.4, -0.2) is 18.6 Å². The Balaban J connectivity index is 0.000000980. The number of H-pyrrole nitrogens is 1. The highest BCUT2D eigenvalue weighted by Crippen LogP contribution is 2.16. The lowest BCUT2D eigenvalue weighted by Gasteiger charge is -1.99. The molecule has 0 bridgehead atoms. The second kappa shape index (κ2) is 4.65. The summed E-state index contributed by atoms with van der Waals surface area (Å²) in [7, 11) is 0. The number of nitrogens with zero attached hydrogens (tertiary/aromatic N) is 1. The molecule has 0 aliphatic rings. The lowest BCUT2D eigenvalue weighted by Crippen LogP contribution is -1.81. The van der Waals surface area contributed by atoms with Gasteiger partial charge in [0.2, 0.25) is 0 Å². The second-order valence-electron chi connectivity index (χ2n) is 3.02. The molecule has 0 saturated carbocycles. The highest BCUT2D eigenvalue weighted by Gasteiger charge is 1.97. The van der Waals surface area contributed by atoms with Gasteiger partial charge < -0.3 is 0 Å². The third-order valence-corrected chi connectivity index (χ3v) is 2.17. The Morgan fingerprint density at radius 1 is 1.14 bits per heavy atom. The molecule has 1 aromatic heterocycles. The lowest BCUT2D eigenvalue weighted by atomic mass is 10.1. The molecule has 0 atom stereocenters. The molecular formula is C11H12BN2. The smallest absolute Gasteiger partial charge is 0.0650 e. The van der Waals surface area contributed by atoms with E-state index >= 15 is 0 Å². The summed E-state index contributed by atoms with van der Waals surface area (Å²) in [6, 6.07) is 10.5. The normalized spacial score (nSPS) is 9.50. The standard InChI is InChI=1S/C11H12N2.B/c1-2-9-3-5-10(6-4-9)11-7-8-12-13-11;/h3-8H,2H2,1H3,(H,12,13);. The largest absolute Gasteiger partial charge is 0.278 e. The first-order valence-electron chi connectivity index (χ1n) is 4.49. The van der Waals surface area contributed by atoms with Crippen LogP contribution >= 0.6 is 0 Å². The molecule has 0 aliphatic heterocycles. The van der Waals surface area contributed by atoms with Crippen LogP contribution in [0.5, 0.6) is 0 Å². The summed E-state index contributed by atoms with van der Waals surface area (Å²) < 4.78 is 0. The van der Waals surface area contributed by atoms with Gasteiger partial charge in [0, 0.05) is 14.6 Å². The van der Waals surface area contributed by atoms with Crippen molar-refractivity contribution < 1.29 is 0 Å². The van der Waals surface area contributed by atoms with E-state index in [-0.39, 0.29) is 8.41 Å². The zero-order valence-corrected chi connectivity index (χ0v) is 8.20. The summed E-state index contributed by atoms with van der Waals surface area (Å²) in [5.74, 6) is 0. The van der Waals surface area contributed by atoms with Crippen LogP contribution in [0, 0.1) is 0 Å². The summed E-state index contributed by atoms with van der Waals surface area (Å²) in [5.41, 5.74) is 3.63. The van der Waals surface area contributed by atoms with Gasteiger partial charge in [0.15, 0.2) is 0 Å². The van der Waals surface area contributed by atoms with E-state index in [0.29, 0.717) is 0 Å². The molecule has 0 fully saturated rings. The van der Waals surface area contributed by atoms with Gasteiger partial charge in [-0.3, -0.25) is 5.10 Å². The van der Waals surface area contributed by atoms with E-state index in [2.05, 4.69) is 41.4 Å². The third kappa shape index (κ3) is 2.05. The Labute approximate surface area is 85.9 Å². The van der Waals surface area contributed by atoms with Crippen LogP contribution in [0.15, 0.2) is 36.5 Å². The fourth-order valence-electron chi connectivity index (χ4n) is 1.34. The Hall–Kier alpha value is -1.51. The summed E-state index contributed by atoms with van der Waals surface area (Å²) in [5, 5.41) is 6.86. The van der Waals surface area contributed by atoms with Gasteiger partial charge in [-0.1, -0.05) is 31.2 Å². The van der Waals surface area contributed by atoms with Gasteiger partial charge in [0.05, 0.1) is 5.69 Å². The first kappa shape index (κ1) is 10.6. The number of nitrogens with one attached hydrogen (secondary N) is 1. The number of aromatic amines is 1. The van der Waals surface area contributed by atoms with Crippen LogP contribution in [-0.2, 0) is 6.42 Å². The lowest BCUT2D eigenvalue weighted by molar-refractivity contribution is 1.09. The highest BCUT2D eigenvalue weighted by molar-refractivity contribution is 5.75. The number of rotatable bonds is 2. The van der Waals surface area contributed by atoms with Crippen molar-refractivity contribution >= 4 is 8.41 Å². The Morgan fingerprint density at radius 3 is 2.36 bits per heavy atom. The van der Waals surface area contributed by atoms with Crippen molar-refractivity contribution in [3.05, 3.63) is 42.1 Å². The monoisotopic (exact) mass is 183 g/mol. The average Bonchev–Trinajstić information content (AvgIpc) is 2.71. The molecule has 2 nitrogen and oxygen atoms in total. The first-order chi connectivity index (χ1) is 6.40. The second-order valence-corrected chi connectivity index (χ2v) is 3.02. The van der Waals surface area contributed by atoms with Crippen LogP contribution in [0.1, 0.15) is 12.5 Å². The van der Waals surface area contributed by atoms with Gasteiger partial charge in [0.1, 0.15) is 0 Å². The molecule has 0 unspecified atom stereocenters. The minimum atomic E-state index is 0. The van der Waals surface area contributed by atoms with Crippen LogP contribution in [0.25, 0.3) is 11.3 Å². The van der Waals surface area contributed by atoms with E-state index in [0.717, 1.165) is 12.1 Å². The van der Waals surface area contributed by atoms with Crippen LogP contribution in [0.2, 0.25) is 0 Å². The molecule has 3 heteroatoms. The van der Waals surface area contributed by atoms with E-state index in [1.807, 2.05) is 6.07 Å². The average molecular weight is 183 g/mol. The molecule has 0 aliphatic carbocycles. The van der Waals surface area contributed by atoms with Crippen LogP contribution < -0.4 is 0 Å². The summed E-state index contributed by atoms with van der Waals surface area (Å²) in [4.78, 5) is 0. The molecular weight excluding hydrogens is 171 g/mol. The molecule has 14 heavy (non-hydrogen) atoms. The zero-order valence-electron chi connectivity index (χ0n) is 8.20. The van der Waals surface area contributed by atoms with Gasteiger partial charge in [-0.05, 0) is 23.6 Å². The SMILES string of the molecule is CCc1ccc(-c2ccn[nH]2)cc1.[B]. The van der Waals surface area contributed by atoms with E-state index in [1.165, 1.54) is 11.1 Å². The topological polar surface area (TPSA) is 28.7 Å². The van der Waals surface area contributed by atoms with Gasteiger partial charge >= 0.3 is 0 Å². The summed E-state index contributed by atoms with van der Waals surface area (Å²) in [6.45, 7) is 2.16. The maximum absolute atomic E-state index is 3.92. The van der Waals surface area contributed by atoms with Crippen molar-refractivity contribution in [3.63, 3.8) is 0 Å². The zero-order chi connectivity index (χ0) is 9.10. The van der Waals surface area contributed by atoms with Crippen LogP contribution in [0.3, 0.4) is 0 Å². The van der Waals surface area contributed by atoms with Gasteiger partial charge in [-0.15, -0.1) is 0 Å². The van der Waals surface area contributed by atoms with Gasteiger partial charge in [-0.2, -0.15) is 5.10 Å². The van der Waals surface area contributed by atoms with E-state index in [1.54, 1.807) is 6.20 Å². The van der Waals surface area contributed by atoms with E-state index in [4.69, 9.17) is 0 Å². The van der Waals surface area contributed by atoms with Gasteiger partial charge in [-0.25, -0.2) is 0 Å². The summed E-state index contributed by atoms with van der Waals surface area (Å²) >= 11 is 0. The van der Waals surface area contributed by atoms with E-state index in [9.17, 15) is 0 Å². The number of aryl methyl sites for hydroxylation is 1. The fourth-order valence-corrected chi connectivity index (χ4v) is 1.34. The van der Waals surface area contributed by atoms with Crippen molar-refractivity contribution in [1.82, 2.24) is 10.2 Å². The number of hydrogen-bond donors (Lipinski definition) is 1. The van der Waals surface area contributed by atoms with Crippen molar-refractivity contribution in [2.45, 2.75) is 13.3 Å². The number of benzene rings is 1. The maximum Gasteiger partial charge on any atom is 0.0650 e. The number of aromatic nitrogens is 2. The number of hydrogen-bond acceptors (Lipinski definition) is 1. The molecule has 1 heterocycles. The Morgan fingerprint density at radius 2 is 1.86 bits per heavy atom. The van der Waals surface area contributed by atoms with Gasteiger partial charge in [0.25, 0.3) is 0 Å². The minimum absolute atomic E-state index is 0. The molecule has 2 aromatic rings. The molecule has 0 saturated heterocycles. The van der Waals surface area contributed by atoms with E-state index < -0.39 is 0 Å². The maximum atomic E-state index is 3.92. The summed E-state index contributed by atoms with van der Waals surface area (Å²) in [6.07, 6.45) is 2.85. The third-order valence-electron chi connectivity index (χ3n) is 2.17. The van der Waals surface area contributed by atoms with Crippen LogP contribution in [0.4, 0.5) is 0 Å². The Bertz CT molecular complexity index is 365. The fraction of sp³-hybridized carbons (Fsp3) is 0.182. The predicted octanol–water partition coefficient (Wildman–Crippen LogP) is 2.26.